The maximum atomic E-state index is 3.58. The van der Waals surface area contributed by atoms with Crippen LogP contribution in [0, 0.1) is 6.07 Å². The molecule has 2 rings (SSSR count). The summed E-state index contributed by atoms with van der Waals surface area (Å²) in [6, 6.07) is 17.2. The maximum Gasteiger partial charge on any atom is -0.0108 e. The molecule has 111 valence electrons. The molecule has 0 atom stereocenters. The van der Waals surface area contributed by atoms with Crippen LogP contribution in [0.15, 0.2) is 36.4 Å². The van der Waals surface area contributed by atoms with Crippen LogP contribution in [0.3, 0.4) is 0 Å². The Hall–Kier alpha value is -1.56. The summed E-state index contributed by atoms with van der Waals surface area (Å²) >= 11 is 0. The topological polar surface area (TPSA) is 0 Å². The molecule has 2 aromatic rings. The van der Waals surface area contributed by atoms with Crippen LogP contribution in [0.2, 0.25) is 0 Å². The molecule has 0 aliphatic heterocycles. The predicted molar refractivity (Wildman–Crippen MR) is 93.0 cm³/mol. The minimum absolute atomic E-state index is 0.511. The Kier molecular flexibility index (Phi) is 4.88. The van der Waals surface area contributed by atoms with Gasteiger partial charge in [0.25, 0.3) is 0 Å². The predicted octanol–water partition coefficient (Wildman–Crippen LogP) is 6.52. The Morgan fingerprint density at radius 3 is 1.48 bits per heavy atom. The van der Waals surface area contributed by atoms with Crippen molar-refractivity contribution in [3.8, 4) is 11.1 Å². The fourth-order valence-corrected chi connectivity index (χ4v) is 2.46. The van der Waals surface area contributed by atoms with Crippen molar-refractivity contribution in [2.45, 2.75) is 59.3 Å². The van der Waals surface area contributed by atoms with Gasteiger partial charge in [0, 0.05) is 0 Å². The highest BCUT2D eigenvalue weighted by Gasteiger charge is 2.09. The first-order valence-electron chi connectivity index (χ1n) is 8.06. The van der Waals surface area contributed by atoms with Gasteiger partial charge < -0.3 is 0 Å². The number of hydrogen-bond acceptors (Lipinski definition) is 0. The molecule has 0 amide bonds. The molecule has 0 nitrogen and oxygen atoms in total. The van der Waals surface area contributed by atoms with Crippen LogP contribution in [-0.2, 0) is 0 Å². The van der Waals surface area contributed by atoms with Gasteiger partial charge in [-0.15, -0.1) is 0 Å². The molecule has 0 saturated heterocycles. The highest BCUT2D eigenvalue weighted by molar-refractivity contribution is 5.66. The summed E-state index contributed by atoms with van der Waals surface area (Å²) < 4.78 is 0. The summed E-state index contributed by atoms with van der Waals surface area (Å²) in [5.41, 5.74) is 6.64. The van der Waals surface area contributed by atoms with E-state index in [1.165, 1.54) is 27.8 Å². The lowest BCUT2D eigenvalue weighted by Crippen LogP contribution is -1.96. The summed E-state index contributed by atoms with van der Waals surface area (Å²) in [6.45, 7) is 13.4. The SMILES string of the molecule is CC(C)c1[c]c(C(C)C)cc(-c2ccc(C(C)C)cc2)c1. The van der Waals surface area contributed by atoms with Gasteiger partial charge in [-0.25, -0.2) is 0 Å². The highest BCUT2D eigenvalue weighted by Crippen LogP contribution is 2.29. The van der Waals surface area contributed by atoms with Gasteiger partial charge in [-0.1, -0.05) is 77.9 Å². The fourth-order valence-electron chi connectivity index (χ4n) is 2.46. The van der Waals surface area contributed by atoms with Crippen molar-refractivity contribution in [3.63, 3.8) is 0 Å². The Morgan fingerprint density at radius 1 is 0.619 bits per heavy atom. The zero-order valence-electron chi connectivity index (χ0n) is 14.2. The minimum atomic E-state index is 0.511. The van der Waals surface area contributed by atoms with Gasteiger partial charge in [-0.2, -0.15) is 0 Å². The minimum Gasteiger partial charge on any atom is -0.0587 e. The lowest BCUT2D eigenvalue weighted by atomic mass is 9.90. The molecule has 0 heterocycles. The van der Waals surface area contributed by atoms with Crippen LogP contribution in [0.4, 0.5) is 0 Å². The van der Waals surface area contributed by atoms with E-state index in [1.807, 2.05) is 0 Å². The first-order chi connectivity index (χ1) is 9.88. The van der Waals surface area contributed by atoms with Gasteiger partial charge in [0.1, 0.15) is 0 Å². The summed E-state index contributed by atoms with van der Waals surface area (Å²) in [5, 5.41) is 0. The molecule has 0 aromatic heterocycles. The van der Waals surface area contributed by atoms with Gasteiger partial charge in [-0.05, 0) is 51.6 Å². The van der Waals surface area contributed by atoms with Gasteiger partial charge in [0.15, 0.2) is 0 Å². The molecule has 0 aliphatic carbocycles. The molecule has 0 heteroatoms. The Balaban J connectivity index is 2.46. The summed E-state index contributed by atoms with van der Waals surface area (Å²) in [6.07, 6.45) is 0. The van der Waals surface area contributed by atoms with Crippen LogP contribution < -0.4 is 0 Å². The molecular formula is C21H27. The number of hydrogen-bond donors (Lipinski definition) is 0. The molecule has 0 fully saturated rings. The van der Waals surface area contributed by atoms with Crippen molar-refractivity contribution in [2.24, 2.45) is 0 Å². The maximum absolute atomic E-state index is 3.58. The standard InChI is InChI=1S/C21H27/c1-14(2)17-7-9-18(10-8-17)21-12-19(15(3)4)11-20(13-21)16(5)6/h7-10,12-16H,1-6H3. The van der Waals surface area contributed by atoms with E-state index < -0.39 is 0 Å². The second-order valence-electron chi connectivity index (χ2n) is 6.87. The van der Waals surface area contributed by atoms with Crippen LogP contribution >= 0.6 is 0 Å². The van der Waals surface area contributed by atoms with Crippen molar-refractivity contribution in [1.29, 1.82) is 0 Å². The monoisotopic (exact) mass is 279 g/mol. The van der Waals surface area contributed by atoms with E-state index in [0.717, 1.165) is 0 Å². The third-order valence-corrected chi connectivity index (χ3v) is 4.07. The van der Waals surface area contributed by atoms with Crippen molar-refractivity contribution in [1.82, 2.24) is 0 Å². The molecule has 0 aliphatic rings. The van der Waals surface area contributed by atoms with E-state index in [2.05, 4.69) is 84.0 Å². The first kappa shape index (κ1) is 15.8. The Bertz CT molecular complexity index is 560. The second-order valence-corrected chi connectivity index (χ2v) is 6.87. The lowest BCUT2D eigenvalue weighted by Gasteiger charge is -2.14. The Morgan fingerprint density at radius 2 is 1.10 bits per heavy atom. The molecule has 1 radical (unpaired) electrons. The Labute approximate surface area is 130 Å². The first-order valence-corrected chi connectivity index (χ1v) is 8.06. The van der Waals surface area contributed by atoms with E-state index in [4.69, 9.17) is 0 Å². The molecular weight excluding hydrogens is 252 g/mol. The van der Waals surface area contributed by atoms with Gasteiger partial charge >= 0.3 is 0 Å². The quantitative estimate of drug-likeness (QED) is 0.597. The van der Waals surface area contributed by atoms with Crippen LogP contribution in [-0.4, -0.2) is 0 Å². The van der Waals surface area contributed by atoms with E-state index >= 15 is 0 Å². The van der Waals surface area contributed by atoms with Crippen molar-refractivity contribution in [2.75, 3.05) is 0 Å². The second kappa shape index (κ2) is 6.47. The third kappa shape index (κ3) is 3.75. The normalized spacial score (nSPS) is 11.7. The van der Waals surface area contributed by atoms with Gasteiger partial charge in [0.2, 0.25) is 0 Å². The van der Waals surface area contributed by atoms with Crippen LogP contribution in [0.25, 0.3) is 11.1 Å². The zero-order chi connectivity index (χ0) is 15.6. The molecule has 0 bridgehead atoms. The molecule has 2 aromatic carbocycles. The summed E-state index contributed by atoms with van der Waals surface area (Å²) in [7, 11) is 0. The van der Waals surface area contributed by atoms with Crippen molar-refractivity contribution in [3.05, 3.63) is 59.2 Å². The van der Waals surface area contributed by atoms with E-state index in [1.54, 1.807) is 0 Å². The van der Waals surface area contributed by atoms with E-state index in [0.29, 0.717) is 17.8 Å². The summed E-state index contributed by atoms with van der Waals surface area (Å²) in [4.78, 5) is 0. The van der Waals surface area contributed by atoms with Gasteiger partial charge in [-0.3, -0.25) is 0 Å². The smallest absolute Gasteiger partial charge is 0.0108 e. The molecule has 0 N–H and O–H groups in total. The molecule has 0 spiro atoms. The zero-order valence-corrected chi connectivity index (χ0v) is 14.2. The van der Waals surface area contributed by atoms with E-state index in [9.17, 15) is 0 Å². The van der Waals surface area contributed by atoms with Gasteiger partial charge in [0.05, 0.1) is 0 Å². The highest BCUT2D eigenvalue weighted by atomic mass is 14.1. The molecule has 21 heavy (non-hydrogen) atoms. The molecule has 0 unspecified atom stereocenters. The van der Waals surface area contributed by atoms with Crippen molar-refractivity contribution >= 4 is 0 Å². The van der Waals surface area contributed by atoms with Crippen LogP contribution in [0.5, 0.6) is 0 Å². The van der Waals surface area contributed by atoms with Crippen molar-refractivity contribution < 1.29 is 0 Å². The largest absolute Gasteiger partial charge is 0.0587 e. The lowest BCUT2D eigenvalue weighted by molar-refractivity contribution is 0.831. The fraction of sp³-hybridized carbons (Fsp3) is 0.429. The van der Waals surface area contributed by atoms with Crippen LogP contribution in [0.1, 0.15) is 76.0 Å². The number of rotatable bonds is 4. The number of benzene rings is 2. The average Bonchev–Trinajstić information content (AvgIpc) is 2.46. The average molecular weight is 279 g/mol. The van der Waals surface area contributed by atoms with E-state index in [-0.39, 0.29) is 0 Å². The summed E-state index contributed by atoms with van der Waals surface area (Å²) in [5.74, 6) is 1.61. The third-order valence-electron chi connectivity index (χ3n) is 4.07. The molecule has 0 saturated carbocycles.